The summed E-state index contributed by atoms with van der Waals surface area (Å²) in [4.78, 5) is 5.80. The normalized spacial score (nSPS) is 17.5. The van der Waals surface area contributed by atoms with Crippen LogP contribution in [0.5, 0.6) is 0 Å². The van der Waals surface area contributed by atoms with Gasteiger partial charge >= 0.3 is 0 Å². The van der Waals surface area contributed by atoms with Crippen molar-refractivity contribution >= 4 is 17.3 Å². The van der Waals surface area contributed by atoms with E-state index >= 15 is 0 Å². The minimum absolute atomic E-state index is 0.205. The van der Waals surface area contributed by atoms with Crippen LogP contribution in [-0.4, -0.2) is 31.1 Å². The second-order valence-electron chi connectivity index (χ2n) is 5.31. The highest BCUT2D eigenvalue weighted by Gasteiger charge is 2.26. The van der Waals surface area contributed by atoms with Crippen molar-refractivity contribution in [2.45, 2.75) is 19.4 Å². The van der Waals surface area contributed by atoms with Crippen LogP contribution in [0.4, 0.5) is 5.95 Å². The van der Waals surface area contributed by atoms with Gasteiger partial charge in [0.15, 0.2) is 5.82 Å². The first-order chi connectivity index (χ1) is 10.2. The van der Waals surface area contributed by atoms with Crippen molar-refractivity contribution in [2.75, 3.05) is 11.9 Å². The molecule has 0 amide bonds. The van der Waals surface area contributed by atoms with Crippen LogP contribution in [0.25, 0.3) is 10.7 Å². The van der Waals surface area contributed by atoms with Crippen molar-refractivity contribution in [3.05, 3.63) is 35.0 Å². The summed E-state index contributed by atoms with van der Waals surface area (Å²) in [5, 5.41) is 14.4. The summed E-state index contributed by atoms with van der Waals surface area (Å²) in [6, 6.07) is 2.31. The smallest absolute Gasteiger partial charge is 0.222 e. The number of nitrogens with one attached hydrogen (secondary N) is 1. The predicted octanol–water partition coefficient (Wildman–Crippen LogP) is 2.45. The number of nitrogens with zero attached hydrogens (tertiary/aromatic N) is 5. The Balaban J connectivity index is 1.78. The van der Waals surface area contributed by atoms with E-state index in [1.54, 1.807) is 11.3 Å². The van der Waals surface area contributed by atoms with Crippen LogP contribution in [-0.2, 0) is 7.05 Å². The van der Waals surface area contributed by atoms with Crippen molar-refractivity contribution in [1.82, 2.24) is 24.5 Å². The van der Waals surface area contributed by atoms with E-state index in [1.807, 2.05) is 22.6 Å². The van der Waals surface area contributed by atoms with Gasteiger partial charge in [-0.3, -0.25) is 4.68 Å². The number of hydrogen-bond acceptors (Lipinski definition) is 5. The van der Waals surface area contributed by atoms with Gasteiger partial charge in [-0.15, -0.1) is 16.4 Å². The van der Waals surface area contributed by atoms with Gasteiger partial charge in [-0.2, -0.15) is 10.1 Å². The molecule has 0 aliphatic carbocycles. The summed E-state index contributed by atoms with van der Waals surface area (Å²) in [5.74, 6) is 1.65. The predicted molar refractivity (Wildman–Crippen MR) is 82.5 cm³/mol. The quantitative estimate of drug-likeness (QED) is 0.790. The van der Waals surface area contributed by atoms with Crippen LogP contribution in [0.2, 0.25) is 0 Å². The lowest BCUT2D eigenvalue weighted by molar-refractivity contribution is 0.480. The fourth-order valence-electron chi connectivity index (χ4n) is 2.72. The fourth-order valence-corrected chi connectivity index (χ4v) is 3.58. The molecule has 3 aromatic rings. The highest BCUT2D eigenvalue weighted by Crippen LogP contribution is 2.32. The van der Waals surface area contributed by atoms with Gasteiger partial charge in [-0.1, -0.05) is 0 Å². The zero-order chi connectivity index (χ0) is 14.4. The van der Waals surface area contributed by atoms with Crippen LogP contribution >= 0.6 is 11.3 Å². The van der Waals surface area contributed by atoms with Gasteiger partial charge in [0.1, 0.15) is 0 Å². The molecule has 1 unspecified atom stereocenters. The molecule has 21 heavy (non-hydrogen) atoms. The Morgan fingerprint density at radius 3 is 3.05 bits per heavy atom. The molecule has 1 atom stereocenters. The number of fused-ring (bicyclic) bond motifs is 1. The van der Waals surface area contributed by atoms with Crippen LogP contribution in [0.15, 0.2) is 23.8 Å². The van der Waals surface area contributed by atoms with Gasteiger partial charge in [0, 0.05) is 25.4 Å². The molecule has 108 valence electrons. The van der Waals surface area contributed by atoms with E-state index in [-0.39, 0.29) is 6.04 Å². The topological polar surface area (TPSA) is 60.6 Å². The van der Waals surface area contributed by atoms with E-state index < -0.39 is 0 Å². The van der Waals surface area contributed by atoms with E-state index in [2.05, 4.69) is 40.0 Å². The largest absolute Gasteiger partial charge is 0.354 e. The minimum atomic E-state index is 0.205. The van der Waals surface area contributed by atoms with E-state index in [0.717, 1.165) is 29.6 Å². The summed E-state index contributed by atoms with van der Waals surface area (Å²) in [5.41, 5.74) is 2.40. The third-order valence-corrected chi connectivity index (χ3v) is 4.81. The first kappa shape index (κ1) is 12.6. The highest BCUT2D eigenvalue weighted by atomic mass is 32.1. The standard InChI is InChI=1S/C14H16N6S/c1-9-4-6-21-12(9)13-17-14-15-5-3-11(20(14)18-13)10-7-16-19(2)8-10/h4,6-8,11H,3,5H2,1-2H3,(H,15,17,18). The Kier molecular flexibility index (Phi) is 2.81. The van der Waals surface area contributed by atoms with Crippen LogP contribution in [0, 0.1) is 6.92 Å². The zero-order valence-electron chi connectivity index (χ0n) is 11.9. The first-order valence-electron chi connectivity index (χ1n) is 6.96. The summed E-state index contributed by atoms with van der Waals surface area (Å²) in [6.45, 7) is 3.00. The van der Waals surface area contributed by atoms with Gasteiger partial charge in [-0.25, -0.2) is 4.68 Å². The maximum absolute atomic E-state index is 4.74. The second-order valence-corrected chi connectivity index (χ2v) is 6.23. The number of hydrogen-bond donors (Lipinski definition) is 1. The summed E-state index contributed by atoms with van der Waals surface area (Å²) in [7, 11) is 1.94. The molecule has 6 nitrogen and oxygen atoms in total. The summed E-state index contributed by atoms with van der Waals surface area (Å²) in [6.07, 6.45) is 4.96. The summed E-state index contributed by atoms with van der Waals surface area (Å²) < 4.78 is 3.83. The lowest BCUT2D eigenvalue weighted by atomic mass is 10.1. The number of rotatable bonds is 2. The van der Waals surface area contributed by atoms with Gasteiger partial charge in [-0.05, 0) is 30.4 Å². The van der Waals surface area contributed by atoms with Gasteiger partial charge in [0.2, 0.25) is 5.95 Å². The van der Waals surface area contributed by atoms with Crippen molar-refractivity contribution in [1.29, 1.82) is 0 Å². The number of aromatic nitrogens is 5. The maximum atomic E-state index is 4.74. The summed E-state index contributed by atoms with van der Waals surface area (Å²) >= 11 is 1.68. The average molecular weight is 300 g/mol. The van der Waals surface area contributed by atoms with Crippen molar-refractivity contribution in [3.63, 3.8) is 0 Å². The van der Waals surface area contributed by atoms with E-state index in [4.69, 9.17) is 5.10 Å². The molecule has 0 aromatic carbocycles. The molecule has 7 heteroatoms. The second kappa shape index (κ2) is 4.70. The van der Waals surface area contributed by atoms with Crippen LogP contribution < -0.4 is 5.32 Å². The van der Waals surface area contributed by atoms with E-state index in [0.29, 0.717) is 0 Å². The molecular formula is C14H16N6S. The van der Waals surface area contributed by atoms with Crippen LogP contribution in [0.1, 0.15) is 23.6 Å². The van der Waals surface area contributed by atoms with Gasteiger partial charge < -0.3 is 5.32 Å². The average Bonchev–Trinajstić information content (AvgIpc) is 3.16. The lowest BCUT2D eigenvalue weighted by Crippen LogP contribution is -2.24. The molecule has 0 saturated carbocycles. The Morgan fingerprint density at radius 2 is 2.33 bits per heavy atom. The molecule has 1 N–H and O–H groups in total. The third kappa shape index (κ3) is 2.04. The molecular weight excluding hydrogens is 284 g/mol. The van der Waals surface area contributed by atoms with E-state index in [1.165, 1.54) is 11.1 Å². The Bertz CT molecular complexity index is 783. The van der Waals surface area contributed by atoms with Crippen molar-refractivity contribution in [2.24, 2.45) is 7.05 Å². The Labute approximate surface area is 126 Å². The SMILES string of the molecule is Cc1ccsc1-c1nc2n(n1)C(c1cnn(C)c1)CCN2. The minimum Gasteiger partial charge on any atom is -0.354 e. The van der Waals surface area contributed by atoms with Gasteiger partial charge in [0.25, 0.3) is 0 Å². The highest BCUT2D eigenvalue weighted by molar-refractivity contribution is 7.13. The first-order valence-corrected chi connectivity index (χ1v) is 7.84. The monoisotopic (exact) mass is 300 g/mol. The number of thiophene rings is 1. The molecule has 4 heterocycles. The molecule has 0 saturated heterocycles. The molecule has 3 aromatic heterocycles. The maximum Gasteiger partial charge on any atom is 0.222 e. The van der Waals surface area contributed by atoms with Gasteiger partial charge in [0.05, 0.1) is 17.1 Å². The zero-order valence-corrected chi connectivity index (χ0v) is 12.8. The van der Waals surface area contributed by atoms with E-state index in [9.17, 15) is 0 Å². The lowest BCUT2D eigenvalue weighted by Gasteiger charge is -2.23. The number of anilines is 1. The third-order valence-electron chi connectivity index (χ3n) is 3.80. The molecule has 0 fully saturated rings. The molecule has 1 aliphatic rings. The van der Waals surface area contributed by atoms with Crippen molar-refractivity contribution in [3.8, 4) is 10.7 Å². The van der Waals surface area contributed by atoms with Crippen molar-refractivity contribution < 1.29 is 0 Å². The Hall–Kier alpha value is -2.15. The molecule has 0 radical (unpaired) electrons. The fraction of sp³-hybridized carbons (Fsp3) is 0.357. The molecule has 0 bridgehead atoms. The Morgan fingerprint density at radius 1 is 1.43 bits per heavy atom. The molecule has 4 rings (SSSR count). The molecule has 1 aliphatic heterocycles. The number of aryl methyl sites for hydroxylation is 2. The van der Waals surface area contributed by atoms with Crippen LogP contribution in [0.3, 0.4) is 0 Å². The molecule has 0 spiro atoms.